The van der Waals surface area contributed by atoms with Crippen LogP contribution in [0.2, 0.25) is 0 Å². The summed E-state index contributed by atoms with van der Waals surface area (Å²) in [5, 5.41) is 8.70. The van der Waals surface area contributed by atoms with Crippen LogP contribution < -0.4 is 9.47 Å². The van der Waals surface area contributed by atoms with E-state index in [0.717, 1.165) is 38.5 Å². The average molecular weight is 454 g/mol. The summed E-state index contributed by atoms with van der Waals surface area (Å²) >= 11 is 0. The second-order valence-electron chi connectivity index (χ2n) is 8.07. The number of aliphatic carboxylic acids is 1. The van der Waals surface area contributed by atoms with Crippen molar-refractivity contribution in [3.8, 4) is 11.5 Å². The highest BCUT2D eigenvalue weighted by atomic mass is 16.5. The zero-order valence-corrected chi connectivity index (χ0v) is 18.8. The number of carboxylic acids is 1. The predicted molar refractivity (Wildman–Crippen MR) is 124 cm³/mol. The van der Waals surface area contributed by atoms with Crippen molar-refractivity contribution in [1.82, 2.24) is 4.90 Å². The number of benzene rings is 2. The lowest BCUT2D eigenvalue weighted by molar-refractivity contribution is -0.137. The molecule has 0 fully saturated rings. The van der Waals surface area contributed by atoms with Crippen molar-refractivity contribution in [2.24, 2.45) is 0 Å². The van der Waals surface area contributed by atoms with E-state index in [4.69, 9.17) is 14.6 Å². The SMILES string of the molecule is O=C(O)CCCOc1ccccc1OCCCCCCCCN1C(=O)c2ccccc2C1=O. The molecule has 0 saturated carbocycles. The molecule has 0 aliphatic carbocycles. The van der Waals surface area contributed by atoms with E-state index in [-0.39, 0.29) is 18.2 Å². The van der Waals surface area contributed by atoms with Gasteiger partial charge in [-0.2, -0.15) is 0 Å². The minimum atomic E-state index is -0.827. The average Bonchev–Trinajstić information content (AvgIpc) is 3.06. The van der Waals surface area contributed by atoms with Gasteiger partial charge in [0.25, 0.3) is 11.8 Å². The third-order valence-corrected chi connectivity index (χ3v) is 5.55. The number of imide groups is 1. The fourth-order valence-corrected chi connectivity index (χ4v) is 3.80. The highest BCUT2D eigenvalue weighted by Crippen LogP contribution is 2.27. The van der Waals surface area contributed by atoms with Crippen LogP contribution in [-0.4, -0.2) is 47.5 Å². The van der Waals surface area contributed by atoms with Crippen LogP contribution in [0.4, 0.5) is 0 Å². The molecule has 176 valence electrons. The zero-order chi connectivity index (χ0) is 23.5. The molecule has 3 rings (SSSR count). The number of ether oxygens (including phenoxy) is 2. The van der Waals surface area contributed by atoms with Crippen molar-refractivity contribution in [2.45, 2.75) is 51.4 Å². The maximum absolute atomic E-state index is 12.3. The lowest BCUT2D eigenvalue weighted by Gasteiger charge is -2.13. The number of carboxylic acid groups (broad SMARTS) is 1. The molecule has 7 nitrogen and oxygen atoms in total. The molecule has 0 atom stereocenters. The van der Waals surface area contributed by atoms with Crippen LogP contribution in [-0.2, 0) is 4.79 Å². The highest BCUT2D eigenvalue weighted by molar-refractivity contribution is 6.21. The van der Waals surface area contributed by atoms with E-state index < -0.39 is 5.97 Å². The molecule has 1 heterocycles. The Bertz CT molecular complexity index is 922. The molecular weight excluding hydrogens is 422 g/mol. The number of amides is 2. The number of hydrogen-bond acceptors (Lipinski definition) is 5. The molecule has 2 aromatic rings. The number of hydrogen-bond donors (Lipinski definition) is 1. The summed E-state index contributed by atoms with van der Waals surface area (Å²) in [5.41, 5.74) is 1.02. The van der Waals surface area contributed by atoms with Crippen molar-refractivity contribution in [2.75, 3.05) is 19.8 Å². The molecular formula is C26H31NO6. The highest BCUT2D eigenvalue weighted by Gasteiger charge is 2.34. The van der Waals surface area contributed by atoms with Crippen molar-refractivity contribution in [3.05, 3.63) is 59.7 Å². The van der Waals surface area contributed by atoms with E-state index >= 15 is 0 Å². The lowest BCUT2D eigenvalue weighted by Crippen LogP contribution is -2.30. The van der Waals surface area contributed by atoms with Gasteiger partial charge in [-0.3, -0.25) is 19.3 Å². The quantitative estimate of drug-likeness (QED) is 0.303. The fourth-order valence-electron chi connectivity index (χ4n) is 3.80. The Balaban J connectivity index is 1.25. The minimum absolute atomic E-state index is 0.0846. The molecule has 0 unspecified atom stereocenters. The summed E-state index contributed by atoms with van der Waals surface area (Å²) in [6, 6.07) is 14.4. The Morgan fingerprint density at radius 1 is 0.697 bits per heavy atom. The van der Waals surface area contributed by atoms with E-state index in [0.29, 0.717) is 48.8 Å². The largest absolute Gasteiger partial charge is 0.490 e. The van der Waals surface area contributed by atoms with Crippen LogP contribution in [0, 0.1) is 0 Å². The summed E-state index contributed by atoms with van der Waals surface area (Å²) in [4.78, 5) is 36.6. The first-order valence-electron chi connectivity index (χ1n) is 11.6. The Morgan fingerprint density at radius 3 is 1.76 bits per heavy atom. The number of rotatable bonds is 15. The van der Waals surface area contributed by atoms with Gasteiger partial charge in [0.2, 0.25) is 0 Å². The first-order chi connectivity index (χ1) is 16.1. The van der Waals surface area contributed by atoms with Gasteiger partial charge in [-0.1, -0.05) is 49.9 Å². The number of carbonyl (C=O) groups is 3. The minimum Gasteiger partial charge on any atom is -0.490 e. The molecule has 7 heteroatoms. The molecule has 2 aromatic carbocycles. The van der Waals surface area contributed by atoms with Crippen molar-refractivity contribution < 1.29 is 29.0 Å². The van der Waals surface area contributed by atoms with Crippen molar-refractivity contribution in [3.63, 3.8) is 0 Å². The maximum Gasteiger partial charge on any atom is 0.303 e. The Hall–Kier alpha value is -3.35. The van der Waals surface area contributed by atoms with E-state index in [1.165, 1.54) is 4.90 Å². The molecule has 1 N–H and O–H groups in total. The van der Waals surface area contributed by atoms with E-state index in [2.05, 4.69) is 0 Å². The molecule has 0 aromatic heterocycles. The third-order valence-electron chi connectivity index (χ3n) is 5.55. The number of fused-ring (bicyclic) bond motifs is 1. The summed E-state index contributed by atoms with van der Waals surface area (Å²) in [6.45, 7) is 1.40. The zero-order valence-electron chi connectivity index (χ0n) is 18.8. The first kappa shape index (κ1) is 24.3. The van der Waals surface area contributed by atoms with Gasteiger partial charge in [-0.15, -0.1) is 0 Å². The number of para-hydroxylation sites is 2. The smallest absolute Gasteiger partial charge is 0.303 e. The Morgan fingerprint density at radius 2 is 1.18 bits per heavy atom. The van der Waals surface area contributed by atoms with Crippen LogP contribution in [0.1, 0.15) is 72.1 Å². The summed E-state index contributed by atoms with van der Waals surface area (Å²) in [5.74, 6) is 0.120. The Kier molecular flexibility index (Phi) is 9.30. The van der Waals surface area contributed by atoms with E-state index in [1.54, 1.807) is 24.3 Å². The van der Waals surface area contributed by atoms with Gasteiger partial charge in [-0.25, -0.2) is 0 Å². The maximum atomic E-state index is 12.3. The molecule has 0 bridgehead atoms. The van der Waals surface area contributed by atoms with Crippen LogP contribution >= 0.6 is 0 Å². The molecule has 0 saturated heterocycles. The van der Waals surface area contributed by atoms with Crippen LogP contribution in [0.25, 0.3) is 0 Å². The van der Waals surface area contributed by atoms with Gasteiger partial charge in [0, 0.05) is 13.0 Å². The predicted octanol–water partition coefficient (Wildman–Crippen LogP) is 4.95. The number of nitrogens with zero attached hydrogens (tertiary/aromatic N) is 1. The topological polar surface area (TPSA) is 93.1 Å². The van der Waals surface area contributed by atoms with Gasteiger partial charge in [0.1, 0.15) is 0 Å². The standard InChI is InChI=1S/C26H31NO6/c28-24(29)16-11-19-33-23-15-8-7-14-22(23)32-18-10-4-2-1-3-9-17-27-25(30)20-12-5-6-13-21(20)26(27)31/h5-8,12-15H,1-4,9-11,16-19H2,(H,28,29). The molecule has 1 aliphatic rings. The number of unbranched alkanes of at least 4 members (excludes halogenated alkanes) is 5. The van der Waals surface area contributed by atoms with Gasteiger partial charge < -0.3 is 14.6 Å². The van der Waals surface area contributed by atoms with Crippen LogP contribution in [0.5, 0.6) is 11.5 Å². The van der Waals surface area contributed by atoms with Crippen LogP contribution in [0.15, 0.2) is 48.5 Å². The van der Waals surface area contributed by atoms with E-state index in [1.807, 2.05) is 24.3 Å². The first-order valence-corrected chi connectivity index (χ1v) is 11.6. The van der Waals surface area contributed by atoms with Crippen LogP contribution in [0.3, 0.4) is 0 Å². The molecule has 0 radical (unpaired) electrons. The monoisotopic (exact) mass is 453 g/mol. The molecule has 1 aliphatic heterocycles. The molecule has 0 spiro atoms. The van der Waals surface area contributed by atoms with Crippen molar-refractivity contribution >= 4 is 17.8 Å². The second-order valence-corrected chi connectivity index (χ2v) is 8.07. The second kappa shape index (κ2) is 12.6. The van der Waals surface area contributed by atoms with Gasteiger partial charge in [0.05, 0.1) is 24.3 Å². The lowest BCUT2D eigenvalue weighted by atomic mass is 10.1. The van der Waals surface area contributed by atoms with Gasteiger partial charge in [-0.05, 0) is 43.5 Å². The number of carbonyl (C=O) groups excluding carboxylic acids is 2. The summed E-state index contributed by atoms with van der Waals surface area (Å²) in [6.07, 6.45) is 6.40. The van der Waals surface area contributed by atoms with Crippen molar-refractivity contribution in [1.29, 1.82) is 0 Å². The van der Waals surface area contributed by atoms with Gasteiger partial charge in [0.15, 0.2) is 11.5 Å². The normalized spacial score (nSPS) is 12.7. The Labute approximate surface area is 194 Å². The fraction of sp³-hybridized carbons (Fsp3) is 0.423. The molecule has 2 amide bonds. The van der Waals surface area contributed by atoms with E-state index in [9.17, 15) is 14.4 Å². The van der Waals surface area contributed by atoms with Gasteiger partial charge >= 0.3 is 5.97 Å². The third kappa shape index (κ3) is 7.07. The molecule has 33 heavy (non-hydrogen) atoms. The summed E-state index contributed by atoms with van der Waals surface area (Å²) in [7, 11) is 0. The summed E-state index contributed by atoms with van der Waals surface area (Å²) < 4.78 is 11.5.